The van der Waals surface area contributed by atoms with Crippen LogP contribution in [0.4, 0.5) is 8.78 Å². The topological polar surface area (TPSA) is 74.2 Å². The standard InChI is InChI=1S/C42H59F2O6P/c1-37(2)21-9-22-42(8,50-37)31-18-24-41(7)36(31)32(45)26-34-39(5)23-20-35(38(3,4)33(39)19-25-40(34,41)6)49-51(46,47-29-14-10-27(43)11-15-29)48-30-16-12-28(44)13-17-30/h10-17,31-36,45H,9,18-26H2,1-8H3/t31-,32+,33-,34+,35-,36-,39-,40+,41+,42+/m0/s1. The lowest BCUT2D eigenvalue weighted by molar-refractivity contribution is -0.256. The van der Waals surface area contributed by atoms with Gasteiger partial charge in [-0.3, -0.25) is 4.52 Å². The summed E-state index contributed by atoms with van der Waals surface area (Å²) in [6.45, 7) is 18.7. The van der Waals surface area contributed by atoms with E-state index in [9.17, 15) is 18.5 Å². The third kappa shape index (κ3) is 6.20. The molecule has 1 aliphatic heterocycles. The Bertz CT molecular complexity index is 1600. The number of hydrogen-bond donors (Lipinski definition) is 1. The molecule has 282 valence electrons. The van der Waals surface area contributed by atoms with Crippen LogP contribution in [0.15, 0.2) is 48.5 Å². The van der Waals surface area contributed by atoms with Crippen molar-refractivity contribution in [3.8, 4) is 11.5 Å². The fourth-order valence-electron chi connectivity index (χ4n) is 12.9. The second-order valence-corrected chi connectivity index (χ2v) is 20.4. The Kier molecular flexibility index (Phi) is 9.17. The summed E-state index contributed by atoms with van der Waals surface area (Å²) in [5, 5.41) is 12.3. The van der Waals surface area contributed by atoms with Crippen molar-refractivity contribution >= 4 is 7.82 Å². The first-order valence-electron chi connectivity index (χ1n) is 19.3. The number of ether oxygens (including phenoxy) is 1. The maximum absolute atomic E-state index is 14.5. The van der Waals surface area contributed by atoms with Gasteiger partial charge < -0.3 is 18.9 Å². The Morgan fingerprint density at radius 2 is 1.29 bits per heavy atom. The minimum atomic E-state index is -4.32. The molecule has 6 nitrogen and oxygen atoms in total. The SMILES string of the molecule is CC1(C)CCC[C@](C)([C@H]2CC[C@]3(C)[C@@H]2[C@H](O)C[C@@H]2[C@@]4(C)CC[C@H](OP(=O)(Oc5ccc(F)cc5)Oc5ccc(F)cc5)C(C)(C)[C@@H]4CC[C@]23C)O1. The number of rotatable bonds is 7. The molecule has 0 unspecified atom stereocenters. The smallest absolute Gasteiger partial charge is 0.395 e. The van der Waals surface area contributed by atoms with Crippen molar-refractivity contribution < 1.29 is 36.8 Å². The summed E-state index contributed by atoms with van der Waals surface area (Å²) in [6, 6.07) is 10.5. The lowest BCUT2D eigenvalue weighted by Crippen LogP contribution is -2.67. The van der Waals surface area contributed by atoms with Crippen molar-refractivity contribution in [1.29, 1.82) is 0 Å². The third-order valence-electron chi connectivity index (χ3n) is 15.4. The first-order valence-corrected chi connectivity index (χ1v) is 20.8. The molecule has 4 saturated carbocycles. The van der Waals surface area contributed by atoms with E-state index < -0.39 is 37.1 Å². The highest BCUT2D eigenvalue weighted by molar-refractivity contribution is 7.49. The van der Waals surface area contributed by atoms with E-state index in [0.717, 1.165) is 57.8 Å². The maximum atomic E-state index is 14.5. The van der Waals surface area contributed by atoms with E-state index in [4.69, 9.17) is 18.3 Å². The molecule has 2 aromatic carbocycles. The Labute approximate surface area is 304 Å². The molecule has 4 aliphatic carbocycles. The average molecular weight is 729 g/mol. The molecule has 1 saturated heterocycles. The number of aliphatic hydroxyl groups excluding tert-OH is 1. The second-order valence-electron chi connectivity index (χ2n) is 19.0. The van der Waals surface area contributed by atoms with Gasteiger partial charge in [-0.1, -0.05) is 34.6 Å². The molecule has 2 aromatic rings. The Morgan fingerprint density at radius 3 is 1.86 bits per heavy atom. The van der Waals surface area contributed by atoms with Crippen molar-refractivity contribution in [2.75, 3.05) is 0 Å². The number of halogens is 2. The summed E-state index contributed by atoms with van der Waals surface area (Å²) < 4.78 is 67.3. The van der Waals surface area contributed by atoms with E-state index in [0.29, 0.717) is 18.3 Å². The minimum Gasteiger partial charge on any atom is -0.395 e. The molecule has 10 atom stereocenters. The summed E-state index contributed by atoms with van der Waals surface area (Å²) in [5.74, 6) is 0.482. The lowest BCUT2D eigenvalue weighted by Gasteiger charge is -2.70. The zero-order valence-corrected chi connectivity index (χ0v) is 32.7. The number of fused-ring (bicyclic) bond motifs is 5. The number of phosphoric acid groups is 1. The summed E-state index contributed by atoms with van der Waals surface area (Å²) in [5.41, 5.74) is -0.829. The number of benzene rings is 2. The van der Waals surface area contributed by atoms with Crippen LogP contribution >= 0.6 is 7.82 Å². The van der Waals surface area contributed by atoms with Gasteiger partial charge in [-0.05, 0) is 179 Å². The maximum Gasteiger partial charge on any atom is 0.587 e. The monoisotopic (exact) mass is 728 g/mol. The van der Waals surface area contributed by atoms with Gasteiger partial charge >= 0.3 is 7.82 Å². The van der Waals surface area contributed by atoms with Gasteiger partial charge in [-0.15, -0.1) is 0 Å². The molecular formula is C42H59F2O6P. The van der Waals surface area contributed by atoms with Gasteiger partial charge in [0.15, 0.2) is 0 Å². The Hall–Kier alpha value is -1.99. The largest absolute Gasteiger partial charge is 0.587 e. The van der Waals surface area contributed by atoms with Crippen LogP contribution in [0.2, 0.25) is 0 Å². The molecular weight excluding hydrogens is 669 g/mol. The number of hydrogen-bond acceptors (Lipinski definition) is 6. The van der Waals surface area contributed by atoms with Crippen LogP contribution in [0.25, 0.3) is 0 Å². The molecule has 5 fully saturated rings. The predicted molar refractivity (Wildman–Crippen MR) is 194 cm³/mol. The lowest BCUT2D eigenvalue weighted by atomic mass is 9.35. The first-order chi connectivity index (χ1) is 23.7. The minimum absolute atomic E-state index is 0.0128. The van der Waals surface area contributed by atoms with E-state index in [-0.39, 0.29) is 50.8 Å². The highest BCUT2D eigenvalue weighted by Crippen LogP contribution is 2.76. The van der Waals surface area contributed by atoms with Crippen molar-refractivity contribution in [2.45, 2.75) is 143 Å². The molecule has 7 rings (SSSR count). The summed E-state index contributed by atoms with van der Waals surface area (Å²) >= 11 is 0. The van der Waals surface area contributed by atoms with Gasteiger partial charge in [-0.25, -0.2) is 13.3 Å². The summed E-state index contributed by atoms with van der Waals surface area (Å²) in [7, 11) is -4.32. The molecule has 5 aliphatic rings. The molecule has 1 heterocycles. The molecule has 0 spiro atoms. The molecule has 0 radical (unpaired) electrons. The Balaban J connectivity index is 1.15. The quantitative estimate of drug-likeness (QED) is 0.286. The number of phosphoric ester groups is 1. The summed E-state index contributed by atoms with van der Waals surface area (Å²) in [4.78, 5) is 0. The van der Waals surface area contributed by atoms with E-state index in [1.165, 1.54) is 48.5 Å². The van der Waals surface area contributed by atoms with Crippen molar-refractivity contribution in [3.63, 3.8) is 0 Å². The van der Waals surface area contributed by atoms with E-state index in [1.807, 2.05) is 0 Å². The average Bonchev–Trinajstić information content (AvgIpc) is 3.42. The molecule has 51 heavy (non-hydrogen) atoms. The van der Waals surface area contributed by atoms with Gasteiger partial charge in [0.2, 0.25) is 0 Å². The number of aliphatic hydroxyl groups is 1. The van der Waals surface area contributed by atoms with Crippen LogP contribution in [-0.2, 0) is 13.8 Å². The highest BCUT2D eigenvalue weighted by Gasteiger charge is 2.72. The third-order valence-corrected chi connectivity index (χ3v) is 16.8. The fourth-order valence-corrected chi connectivity index (χ4v) is 14.5. The van der Waals surface area contributed by atoms with E-state index in [2.05, 4.69) is 55.4 Å². The normalized spacial score (nSPS) is 41.5. The molecule has 0 aromatic heterocycles. The van der Waals surface area contributed by atoms with Crippen LogP contribution in [0.1, 0.15) is 120 Å². The molecule has 0 bridgehead atoms. The van der Waals surface area contributed by atoms with Crippen molar-refractivity contribution in [2.24, 2.45) is 45.3 Å². The van der Waals surface area contributed by atoms with Gasteiger partial charge in [0.1, 0.15) is 23.1 Å². The van der Waals surface area contributed by atoms with Crippen LogP contribution in [0, 0.1) is 57.0 Å². The predicted octanol–water partition coefficient (Wildman–Crippen LogP) is 11.3. The fraction of sp³-hybridized carbons (Fsp3) is 0.714. The first kappa shape index (κ1) is 37.3. The van der Waals surface area contributed by atoms with Crippen LogP contribution < -0.4 is 9.05 Å². The Morgan fingerprint density at radius 1 is 0.725 bits per heavy atom. The van der Waals surface area contributed by atoms with E-state index in [1.54, 1.807) is 0 Å². The van der Waals surface area contributed by atoms with Crippen LogP contribution in [-0.4, -0.2) is 28.5 Å². The zero-order chi connectivity index (χ0) is 36.8. The van der Waals surface area contributed by atoms with Gasteiger partial charge in [0, 0.05) is 0 Å². The highest BCUT2D eigenvalue weighted by atomic mass is 31.2. The summed E-state index contributed by atoms with van der Waals surface area (Å²) in [6.07, 6.45) is 8.94. The van der Waals surface area contributed by atoms with E-state index >= 15 is 0 Å². The molecule has 1 N–H and O–H groups in total. The van der Waals surface area contributed by atoms with Gasteiger partial charge in [-0.2, -0.15) is 0 Å². The zero-order valence-electron chi connectivity index (χ0n) is 31.8. The molecule has 9 heteroatoms. The van der Waals surface area contributed by atoms with Crippen molar-refractivity contribution in [1.82, 2.24) is 0 Å². The second kappa shape index (κ2) is 12.5. The van der Waals surface area contributed by atoms with Gasteiger partial charge in [0.05, 0.1) is 23.4 Å². The van der Waals surface area contributed by atoms with Crippen LogP contribution in [0.5, 0.6) is 11.5 Å². The van der Waals surface area contributed by atoms with Crippen molar-refractivity contribution in [3.05, 3.63) is 60.2 Å². The van der Waals surface area contributed by atoms with Crippen LogP contribution in [0.3, 0.4) is 0 Å². The van der Waals surface area contributed by atoms with Gasteiger partial charge in [0.25, 0.3) is 0 Å². The molecule has 0 amide bonds.